The molecule has 0 unspecified atom stereocenters. The number of nitrogens with one attached hydrogen (secondary N) is 2. The Balaban J connectivity index is 0.000000219. The lowest BCUT2D eigenvalue weighted by atomic mass is 9.78. The zero-order valence-electron chi connectivity index (χ0n) is 38.8. The van der Waals surface area contributed by atoms with Gasteiger partial charge in [0, 0.05) is 41.1 Å². The van der Waals surface area contributed by atoms with Crippen LogP contribution in [0.2, 0.25) is 0 Å². The van der Waals surface area contributed by atoms with Gasteiger partial charge in [0.2, 0.25) is 0 Å². The number of aromatic amines is 1. The average molecular weight is 1010 g/mol. The van der Waals surface area contributed by atoms with E-state index < -0.39 is 59.3 Å². The number of carbonyl (C=O) groups is 3. The van der Waals surface area contributed by atoms with Gasteiger partial charge in [-0.3, -0.25) is 19.9 Å². The van der Waals surface area contributed by atoms with Gasteiger partial charge in [0.05, 0.1) is 29.1 Å². The number of fused-ring (bicyclic) bond motifs is 2. The number of ether oxygens (including phenoxy) is 4. The predicted octanol–water partition coefficient (Wildman–Crippen LogP) is 12.6. The van der Waals surface area contributed by atoms with Crippen LogP contribution in [0.25, 0.3) is 21.8 Å². The lowest BCUT2D eigenvalue weighted by molar-refractivity contribution is -0.192. The maximum atomic E-state index is 12.9. The first-order valence-electron chi connectivity index (χ1n) is 21.8. The molecule has 8 rings (SSSR count). The number of hydrogen-bond acceptors (Lipinski definition) is 10. The molecule has 4 aromatic heterocycles. The number of nitrogen functional groups attached to an aromatic ring is 1. The zero-order chi connectivity index (χ0) is 52.4. The summed E-state index contributed by atoms with van der Waals surface area (Å²) in [5, 5.41) is 11.3. The summed E-state index contributed by atoms with van der Waals surface area (Å²) in [6.45, 7) is 10.5. The normalized spacial score (nSPS) is 18.1. The number of aliphatic carboxylic acids is 1. The Labute approximate surface area is 399 Å². The fourth-order valence-electron chi connectivity index (χ4n) is 7.33. The van der Waals surface area contributed by atoms with Crippen molar-refractivity contribution in [3.8, 4) is 11.5 Å². The monoisotopic (exact) mass is 1010 g/mol. The third kappa shape index (κ3) is 14.2. The van der Waals surface area contributed by atoms with Crippen molar-refractivity contribution in [1.29, 1.82) is 0 Å². The largest absolute Gasteiger partial charge is 0.490 e. The van der Waals surface area contributed by atoms with E-state index in [9.17, 15) is 49.1 Å². The zero-order valence-corrected chi connectivity index (χ0v) is 38.8. The van der Waals surface area contributed by atoms with Gasteiger partial charge >= 0.3 is 36.7 Å². The first-order valence-corrected chi connectivity index (χ1v) is 21.8. The van der Waals surface area contributed by atoms with Crippen LogP contribution in [-0.4, -0.2) is 72.4 Å². The van der Waals surface area contributed by atoms with E-state index in [1.165, 1.54) is 35.3 Å². The molecular formula is C48H49F9N6O8. The van der Waals surface area contributed by atoms with Gasteiger partial charge in [-0.05, 0) is 139 Å². The lowest BCUT2D eigenvalue weighted by Crippen LogP contribution is -2.32. The number of pyridine rings is 2. The number of benzene rings is 2. The number of H-pyrrole nitrogens is 1. The van der Waals surface area contributed by atoms with E-state index in [0.29, 0.717) is 40.9 Å². The SMILES string of the molecule is CC(C)(C)OC(=O)Nc1cn(C(=O)OC(C)(C)C)c2ccc(OC3CC(c4ccc(C(F)(F)F)nc4)C3)cc12.Nc1c[nH]c2ccc(OC3CC(c4ccc(C(F)(F)F)nc4)C3)cc12.O=C(O)C(F)(F)F. The van der Waals surface area contributed by atoms with E-state index in [0.717, 1.165) is 52.8 Å². The van der Waals surface area contributed by atoms with Gasteiger partial charge in [0.25, 0.3) is 0 Å². The van der Waals surface area contributed by atoms with Crippen LogP contribution in [0.5, 0.6) is 11.5 Å². The van der Waals surface area contributed by atoms with Crippen LogP contribution >= 0.6 is 0 Å². The van der Waals surface area contributed by atoms with E-state index >= 15 is 0 Å². The van der Waals surface area contributed by atoms with Crippen molar-refractivity contribution in [2.45, 2.75) is 121 Å². The number of carbonyl (C=O) groups excluding carboxylic acids is 2. The molecule has 0 bridgehead atoms. The molecule has 2 fully saturated rings. The summed E-state index contributed by atoms with van der Waals surface area (Å²) in [6, 6.07) is 15.8. The van der Waals surface area contributed by atoms with Crippen molar-refractivity contribution in [3.05, 3.63) is 108 Å². The van der Waals surface area contributed by atoms with E-state index in [1.54, 1.807) is 65.9 Å². The Morgan fingerprint density at radius 1 is 0.690 bits per heavy atom. The lowest BCUT2D eigenvalue weighted by Gasteiger charge is -2.35. The van der Waals surface area contributed by atoms with Crippen molar-refractivity contribution in [3.63, 3.8) is 0 Å². The number of nitrogens with zero attached hydrogens (tertiary/aromatic N) is 3. The molecule has 382 valence electrons. The van der Waals surface area contributed by atoms with Crippen LogP contribution in [0.1, 0.15) is 102 Å². The molecule has 4 heterocycles. The molecule has 6 aromatic rings. The first kappa shape index (κ1) is 53.2. The van der Waals surface area contributed by atoms with Crippen LogP contribution < -0.4 is 20.5 Å². The maximum absolute atomic E-state index is 12.9. The highest BCUT2D eigenvalue weighted by Crippen LogP contribution is 2.42. The van der Waals surface area contributed by atoms with E-state index in [2.05, 4.69) is 20.3 Å². The Bertz CT molecular complexity index is 2840. The topological polar surface area (TPSA) is 193 Å². The number of alkyl halides is 9. The molecule has 2 aromatic carbocycles. The molecule has 71 heavy (non-hydrogen) atoms. The van der Waals surface area contributed by atoms with Gasteiger partial charge in [-0.25, -0.2) is 14.4 Å². The van der Waals surface area contributed by atoms with Gasteiger partial charge in [0.15, 0.2) is 0 Å². The first-order chi connectivity index (χ1) is 32.8. The molecule has 2 aliphatic carbocycles. The van der Waals surface area contributed by atoms with Gasteiger partial charge < -0.3 is 34.8 Å². The van der Waals surface area contributed by atoms with Crippen molar-refractivity contribution < 1.29 is 78.0 Å². The fraction of sp³-hybridized carbons (Fsp3) is 0.396. The quantitative estimate of drug-likeness (QED) is 0.111. The van der Waals surface area contributed by atoms with Gasteiger partial charge in [-0.15, -0.1) is 0 Å². The predicted molar refractivity (Wildman–Crippen MR) is 241 cm³/mol. The summed E-state index contributed by atoms with van der Waals surface area (Å²) in [6.07, 6.45) is -6.79. The van der Waals surface area contributed by atoms with Crippen molar-refractivity contribution in [2.24, 2.45) is 0 Å². The molecule has 1 amide bonds. The summed E-state index contributed by atoms with van der Waals surface area (Å²) < 4.78 is 132. The second-order valence-corrected chi connectivity index (χ2v) is 18.7. The second-order valence-electron chi connectivity index (χ2n) is 18.7. The maximum Gasteiger partial charge on any atom is 0.490 e. The van der Waals surface area contributed by atoms with Crippen molar-refractivity contribution >= 4 is 51.3 Å². The molecule has 0 spiro atoms. The molecule has 2 saturated carbocycles. The number of hydrogen-bond donors (Lipinski definition) is 4. The number of carboxylic acid groups (broad SMARTS) is 1. The molecule has 0 atom stereocenters. The number of aromatic nitrogens is 4. The highest BCUT2D eigenvalue weighted by molar-refractivity contribution is 6.03. The van der Waals surface area contributed by atoms with Crippen LogP contribution in [0.15, 0.2) is 85.5 Å². The fourth-order valence-corrected chi connectivity index (χ4v) is 7.33. The third-order valence-electron chi connectivity index (χ3n) is 10.8. The number of anilines is 2. The highest BCUT2D eigenvalue weighted by Gasteiger charge is 2.39. The summed E-state index contributed by atoms with van der Waals surface area (Å²) in [5.74, 6) is -1.27. The van der Waals surface area contributed by atoms with Crippen LogP contribution in [0.3, 0.4) is 0 Å². The average Bonchev–Trinajstić information content (AvgIpc) is 3.77. The molecule has 23 heteroatoms. The van der Waals surface area contributed by atoms with E-state index in [-0.39, 0.29) is 24.0 Å². The van der Waals surface area contributed by atoms with Crippen molar-refractivity contribution in [1.82, 2.24) is 19.5 Å². The summed E-state index contributed by atoms with van der Waals surface area (Å²) in [7, 11) is 0. The Kier molecular flexibility index (Phi) is 15.2. The number of carboxylic acids is 1. The van der Waals surface area contributed by atoms with Gasteiger partial charge in [0.1, 0.15) is 34.1 Å². The number of rotatable bonds is 7. The Hall–Kier alpha value is -7.20. The molecule has 0 aliphatic heterocycles. The van der Waals surface area contributed by atoms with Crippen molar-refractivity contribution in [2.75, 3.05) is 11.1 Å². The number of nitrogens with two attached hydrogens (primary N) is 1. The second kappa shape index (κ2) is 20.3. The summed E-state index contributed by atoms with van der Waals surface area (Å²) in [4.78, 5) is 44.4. The van der Waals surface area contributed by atoms with Crippen LogP contribution in [0, 0.1) is 0 Å². The molecule has 0 radical (unpaired) electrons. The molecule has 5 N–H and O–H groups in total. The van der Waals surface area contributed by atoms with E-state index in [4.69, 9.17) is 34.6 Å². The van der Waals surface area contributed by atoms with Crippen LogP contribution in [0.4, 0.5) is 60.5 Å². The van der Waals surface area contributed by atoms with E-state index in [1.807, 2.05) is 18.2 Å². The van der Waals surface area contributed by atoms with Crippen LogP contribution in [-0.2, 0) is 26.6 Å². The number of halogens is 9. The minimum atomic E-state index is -5.08. The van der Waals surface area contributed by atoms with Gasteiger partial charge in [-0.1, -0.05) is 12.1 Å². The minimum Gasteiger partial charge on any atom is -0.490 e. The summed E-state index contributed by atoms with van der Waals surface area (Å²) in [5.41, 5.74) is 6.69. The molecule has 0 saturated heterocycles. The highest BCUT2D eigenvalue weighted by atomic mass is 19.4. The molecule has 2 aliphatic rings. The molecular weight excluding hydrogens is 960 g/mol. The molecule has 14 nitrogen and oxygen atoms in total. The summed E-state index contributed by atoms with van der Waals surface area (Å²) >= 11 is 0. The van der Waals surface area contributed by atoms with Gasteiger partial charge in [-0.2, -0.15) is 39.5 Å². The third-order valence-corrected chi connectivity index (χ3v) is 10.8. The minimum absolute atomic E-state index is 0.0462. The standard InChI is InChI=1S/C28H32F3N3O5.C18H16F3N3O.C2HF3O2/c1-26(2,3)38-24(35)33-21-15-34(25(36)39-27(4,5)6)22-9-8-18(13-20(21)22)37-19-11-17(12-19)16-7-10-23(32-14-16)28(29,30)31;19-18(20,21)17-4-1-10(8-24-17)11-5-13(6-11)25-12-2-3-16-14(7-12)15(22)9-23-16;3-2(4,5)1(6)7/h7-10,13-15,17,19H,11-12H2,1-6H3,(H,33,35);1-4,7-9,11,13,23H,5-6,22H2;(H,6,7). The Morgan fingerprint density at radius 2 is 1.15 bits per heavy atom. The Morgan fingerprint density at radius 3 is 1.58 bits per heavy atom. The number of amides is 1. The smallest absolute Gasteiger partial charge is 0.490 e.